The number of imide groups is 1. The van der Waals surface area contributed by atoms with Gasteiger partial charge in [0.2, 0.25) is 0 Å². The Kier molecular flexibility index (Phi) is 7.58. The lowest BCUT2D eigenvalue weighted by molar-refractivity contribution is -0.123. The molecule has 0 atom stereocenters. The smallest absolute Gasteiger partial charge is 0.293 e. The molecule has 1 heterocycles. The fourth-order valence-corrected chi connectivity index (χ4v) is 4.38. The summed E-state index contributed by atoms with van der Waals surface area (Å²) >= 11 is 6.80. The molecule has 6 nitrogen and oxygen atoms in total. The van der Waals surface area contributed by atoms with E-state index in [0.29, 0.717) is 26.9 Å². The number of halogens is 1. The average molecular weight is 507 g/mol. The zero-order valence-electron chi connectivity index (χ0n) is 19.2. The van der Waals surface area contributed by atoms with Crippen molar-refractivity contribution in [2.24, 2.45) is 0 Å². The van der Waals surface area contributed by atoms with Gasteiger partial charge in [-0.3, -0.25) is 19.3 Å². The van der Waals surface area contributed by atoms with Crippen LogP contribution in [0.5, 0.6) is 5.75 Å². The molecule has 35 heavy (non-hydrogen) atoms. The maximum atomic E-state index is 12.8. The van der Waals surface area contributed by atoms with Gasteiger partial charge in [-0.25, -0.2) is 0 Å². The lowest BCUT2D eigenvalue weighted by Gasteiger charge is -2.12. The number of amides is 3. The molecule has 1 aliphatic rings. The van der Waals surface area contributed by atoms with E-state index in [2.05, 4.69) is 5.32 Å². The van der Waals surface area contributed by atoms with Crippen molar-refractivity contribution in [3.63, 3.8) is 0 Å². The van der Waals surface area contributed by atoms with Gasteiger partial charge in [-0.2, -0.15) is 0 Å². The number of nitrogens with zero attached hydrogens (tertiary/aromatic N) is 1. The highest BCUT2D eigenvalue weighted by Gasteiger charge is 2.34. The Bertz CT molecular complexity index is 1320. The van der Waals surface area contributed by atoms with Crippen LogP contribution in [-0.4, -0.2) is 28.6 Å². The Labute approximate surface area is 212 Å². The molecule has 4 rings (SSSR count). The molecule has 1 fully saturated rings. The topological polar surface area (TPSA) is 75.7 Å². The molecule has 178 valence electrons. The number of hydrogen-bond donors (Lipinski definition) is 1. The van der Waals surface area contributed by atoms with E-state index in [9.17, 15) is 14.4 Å². The summed E-state index contributed by atoms with van der Waals surface area (Å²) in [5.41, 5.74) is 4.46. The summed E-state index contributed by atoms with van der Waals surface area (Å²) in [5.74, 6) is -0.148. The van der Waals surface area contributed by atoms with Crippen LogP contribution in [0.2, 0.25) is 5.02 Å². The Morgan fingerprint density at radius 2 is 1.80 bits per heavy atom. The summed E-state index contributed by atoms with van der Waals surface area (Å²) in [5, 5.41) is 3.08. The van der Waals surface area contributed by atoms with E-state index in [1.165, 1.54) is 4.90 Å². The molecule has 0 spiro atoms. The molecule has 0 unspecified atom stereocenters. The number of nitrogens with one attached hydrogen (secondary N) is 1. The van der Waals surface area contributed by atoms with Crippen LogP contribution in [-0.2, 0) is 16.1 Å². The molecule has 0 aliphatic carbocycles. The quantitative estimate of drug-likeness (QED) is 0.385. The minimum Gasteiger partial charge on any atom is -0.484 e. The fourth-order valence-electron chi connectivity index (χ4n) is 3.42. The van der Waals surface area contributed by atoms with E-state index in [4.69, 9.17) is 16.3 Å². The maximum absolute atomic E-state index is 12.8. The number of hydrogen-bond acceptors (Lipinski definition) is 5. The summed E-state index contributed by atoms with van der Waals surface area (Å²) in [7, 11) is 0. The maximum Gasteiger partial charge on any atom is 0.293 e. The minimum absolute atomic E-state index is 0.159. The van der Waals surface area contributed by atoms with E-state index in [1.54, 1.807) is 54.6 Å². The van der Waals surface area contributed by atoms with Crippen LogP contribution in [0.15, 0.2) is 71.6 Å². The molecule has 0 aromatic heterocycles. The lowest BCUT2D eigenvalue weighted by Crippen LogP contribution is -2.27. The third kappa shape index (κ3) is 6.32. The molecule has 0 bridgehead atoms. The van der Waals surface area contributed by atoms with Gasteiger partial charge in [0.25, 0.3) is 17.1 Å². The van der Waals surface area contributed by atoms with Crippen LogP contribution in [0.3, 0.4) is 0 Å². The number of ether oxygens (including phenoxy) is 1. The van der Waals surface area contributed by atoms with Crippen LogP contribution in [0, 0.1) is 13.8 Å². The van der Waals surface area contributed by atoms with Crippen LogP contribution in [0.4, 0.5) is 10.5 Å². The fraction of sp³-hybridized carbons (Fsp3) is 0.148. The van der Waals surface area contributed by atoms with Crippen molar-refractivity contribution >= 4 is 52.2 Å². The zero-order valence-corrected chi connectivity index (χ0v) is 20.8. The molecule has 0 saturated carbocycles. The van der Waals surface area contributed by atoms with E-state index in [1.807, 2.05) is 32.0 Å². The highest BCUT2D eigenvalue weighted by atomic mass is 35.5. The highest BCUT2D eigenvalue weighted by molar-refractivity contribution is 8.18. The molecule has 1 saturated heterocycles. The van der Waals surface area contributed by atoms with Crippen molar-refractivity contribution in [2.45, 2.75) is 20.4 Å². The standard InChI is InChI=1S/C27H23ClN2O4S/c1-17-6-11-22(12-18(17)2)29-25(31)16-34-23-5-3-4-20(13-23)14-24-26(32)30(27(33)35-24)15-19-7-9-21(28)10-8-19/h3-14H,15-16H2,1-2H3,(H,29,31)/b24-14-. The summed E-state index contributed by atoms with van der Waals surface area (Å²) in [6.45, 7) is 4.02. The Hall–Kier alpha value is -3.55. The van der Waals surface area contributed by atoms with Crippen molar-refractivity contribution < 1.29 is 19.1 Å². The monoisotopic (exact) mass is 506 g/mol. The number of thioether (sulfide) groups is 1. The second-order valence-corrected chi connectivity index (χ2v) is 9.53. The largest absolute Gasteiger partial charge is 0.484 e. The van der Waals surface area contributed by atoms with Gasteiger partial charge >= 0.3 is 0 Å². The third-order valence-corrected chi connectivity index (χ3v) is 6.60. The third-order valence-electron chi connectivity index (χ3n) is 5.44. The normalized spacial score (nSPS) is 14.5. The molecule has 8 heteroatoms. The second-order valence-electron chi connectivity index (χ2n) is 8.10. The predicted molar refractivity (Wildman–Crippen MR) is 139 cm³/mol. The molecule has 1 N–H and O–H groups in total. The van der Waals surface area contributed by atoms with E-state index >= 15 is 0 Å². The molecule has 3 aromatic rings. The summed E-state index contributed by atoms with van der Waals surface area (Å²) in [6, 6.07) is 19.7. The molecule has 3 aromatic carbocycles. The summed E-state index contributed by atoms with van der Waals surface area (Å²) in [4.78, 5) is 39.1. The number of rotatable bonds is 7. The summed E-state index contributed by atoms with van der Waals surface area (Å²) in [6.07, 6.45) is 1.65. The molecule has 1 aliphatic heterocycles. The van der Waals surface area contributed by atoms with Crippen LogP contribution in [0.1, 0.15) is 22.3 Å². The van der Waals surface area contributed by atoms with Crippen molar-refractivity contribution in [3.05, 3.63) is 98.9 Å². The van der Waals surface area contributed by atoms with Crippen molar-refractivity contribution in [1.29, 1.82) is 0 Å². The number of benzene rings is 3. The average Bonchev–Trinajstić information content (AvgIpc) is 3.09. The first-order valence-electron chi connectivity index (χ1n) is 10.9. The first kappa shape index (κ1) is 24.6. The van der Waals surface area contributed by atoms with Gasteiger partial charge in [0.1, 0.15) is 5.75 Å². The van der Waals surface area contributed by atoms with Gasteiger partial charge in [0.05, 0.1) is 11.4 Å². The SMILES string of the molecule is Cc1ccc(NC(=O)COc2cccc(/C=C3\SC(=O)N(Cc4ccc(Cl)cc4)C3=O)c2)cc1C. The molecular formula is C27H23ClN2O4S. The van der Waals surface area contributed by atoms with Crippen molar-refractivity contribution in [3.8, 4) is 5.75 Å². The van der Waals surface area contributed by atoms with Crippen LogP contribution in [0.25, 0.3) is 6.08 Å². The first-order valence-corrected chi connectivity index (χ1v) is 12.1. The van der Waals surface area contributed by atoms with E-state index in [-0.39, 0.29) is 30.2 Å². The van der Waals surface area contributed by atoms with Crippen LogP contribution >= 0.6 is 23.4 Å². The second kappa shape index (κ2) is 10.8. The van der Waals surface area contributed by atoms with Gasteiger partial charge in [-0.1, -0.05) is 41.9 Å². The zero-order chi connectivity index (χ0) is 24.9. The lowest BCUT2D eigenvalue weighted by atomic mass is 10.1. The van der Waals surface area contributed by atoms with Crippen LogP contribution < -0.4 is 10.1 Å². The van der Waals surface area contributed by atoms with E-state index in [0.717, 1.165) is 28.5 Å². The van der Waals surface area contributed by atoms with Gasteiger partial charge in [-0.15, -0.1) is 0 Å². The Morgan fingerprint density at radius 3 is 2.54 bits per heavy atom. The Morgan fingerprint density at radius 1 is 1.03 bits per heavy atom. The number of carbonyl (C=O) groups excluding carboxylic acids is 3. The van der Waals surface area contributed by atoms with E-state index < -0.39 is 0 Å². The number of aryl methyl sites for hydroxylation is 2. The number of carbonyl (C=O) groups is 3. The highest BCUT2D eigenvalue weighted by Crippen LogP contribution is 2.33. The first-order chi connectivity index (χ1) is 16.8. The van der Waals surface area contributed by atoms with Gasteiger partial charge in [0.15, 0.2) is 6.61 Å². The van der Waals surface area contributed by atoms with Gasteiger partial charge < -0.3 is 10.1 Å². The molecule has 0 radical (unpaired) electrons. The molecular weight excluding hydrogens is 484 g/mol. The minimum atomic E-state index is -0.353. The summed E-state index contributed by atoms with van der Waals surface area (Å²) < 4.78 is 5.64. The predicted octanol–water partition coefficient (Wildman–Crippen LogP) is 6.21. The Balaban J connectivity index is 1.38. The molecule has 3 amide bonds. The van der Waals surface area contributed by atoms with Crippen molar-refractivity contribution in [2.75, 3.05) is 11.9 Å². The number of anilines is 1. The van der Waals surface area contributed by atoms with Crippen molar-refractivity contribution in [1.82, 2.24) is 4.90 Å². The van der Waals surface area contributed by atoms with Gasteiger partial charge in [0, 0.05) is 10.7 Å². The van der Waals surface area contributed by atoms with Gasteiger partial charge in [-0.05, 0) is 90.3 Å².